The molecule has 2 aromatic carbocycles. The average Bonchev–Trinajstić information content (AvgIpc) is 2.61. The van der Waals surface area contributed by atoms with Gasteiger partial charge in [-0.15, -0.1) is 11.8 Å². The predicted octanol–water partition coefficient (Wildman–Crippen LogP) is 5.37. The molecule has 0 N–H and O–H groups in total. The van der Waals surface area contributed by atoms with Gasteiger partial charge in [0.2, 0.25) is 0 Å². The Morgan fingerprint density at radius 2 is 1.88 bits per heavy atom. The lowest BCUT2D eigenvalue weighted by atomic mass is 9.99. The third kappa shape index (κ3) is 5.00. The topological polar surface area (TPSA) is 50.1 Å². The van der Waals surface area contributed by atoms with E-state index in [2.05, 4.69) is 38.1 Å². The highest BCUT2D eigenvalue weighted by Crippen LogP contribution is 2.29. The van der Waals surface area contributed by atoms with Crippen LogP contribution >= 0.6 is 11.8 Å². The molecule has 3 nitrogen and oxygen atoms in total. The molecule has 0 aromatic heterocycles. The van der Waals surface area contributed by atoms with Crippen molar-refractivity contribution in [2.45, 2.75) is 38.3 Å². The summed E-state index contributed by atoms with van der Waals surface area (Å²) >= 11 is 1.79. The van der Waals surface area contributed by atoms with Crippen molar-refractivity contribution in [1.29, 1.82) is 5.26 Å². The van der Waals surface area contributed by atoms with Crippen molar-refractivity contribution in [2.75, 3.05) is 6.61 Å². The van der Waals surface area contributed by atoms with Crippen LogP contribution < -0.4 is 0 Å². The highest BCUT2D eigenvalue weighted by Gasteiger charge is 2.12. The van der Waals surface area contributed by atoms with Gasteiger partial charge in [0, 0.05) is 10.6 Å². The van der Waals surface area contributed by atoms with E-state index in [0.29, 0.717) is 0 Å². The van der Waals surface area contributed by atoms with Gasteiger partial charge in [-0.05, 0) is 67.7 Å². The first-order valence-electron chi connectivity index (χ1n) is 8.53. The largest absolute Gasteiger partial charge is 0.462 e. The Kier molecular flexibility index (Phi) is 7.06. The second kappa shape index (κ2) is 9.26. The van der Waals surface area contributed by atoms with E-state index in [-0.39, 0.29) is 12.2 Å². The van der Waals surface area contributed by atoms with E-state index in [1.165, 1.54) is 21.6 Å². The molecule has 0 fully saturated rings. The summed E-state index contributed by atoms with van der Waals surface area (Å²) in [5, 5.41) is 9.26. The van der Waals surface area contributed by atoms with Crippen LogP contribution in [0.1, 0.15) is 34.7 Å². The molecule has 0 heterocycles. The Morgan fingerprint density at radius 1 is 1.15 bits per heavy atom. The molecule has 0 saturated carbocycles. The van der Waals surface area contributed by atoms with E-state index < -0.39 is 5.97 Å². The SMILES string of the molecule is CCOC(=O)C(C#N)=Cc1cc(CSc2ccccc2C)c(C)cc1C. The van der Waals surface area contributed by atoms with Gasteiger partial charge in [-0.1, -0.05) is 30.3 Å². The van der Waals surface area contributed by atoms with Crippen molar-refractivity contribution in [3.8, 4) is 6.07 Å². The molecule has 134 valence electrons. The maximum Gasteiger partial charge on any atom is 0.348 e. The van der Waals surface area contributed by atoms with Gasteiger partial charge in [0.05, 0.1) is 6.61 Å². The fourth-order valence-electron chi connectivity index (χ4n) is 2.60. The van der Waals surface area contributed by atoms with Gasteiger partial charge in [-0.2, -0.15) is 5.26 Å². The number of rotatable bonds is 6. The van der Waals surface area contributed by atoms with Crippen molar-refractivity contribution in [1.82, 2.24) is 0 Å². The summed E-state index contributed by atoms with van der Waals surface area (Å²) in [6.45, 7) is 8.16. The van der Waals surface area contributed by atoms with Crippen LogP contribution in [0.5, 0.6) is 0 Å². The summed E-state index contributed by atoms with van der Waals surface area (Å²) in [5.74, 6) is 0.254. The number of hydrogen-bond acceptors (Lipinski definition) is 4. The number of carbonyl (C=O) groups excluding carboxylic acids is 1. The van der Waals surface area contributed by atoms with Gasteiger partial charge in [0.25, 0.3) is 0 Å². The summed E-state index contributed by atoms with van der Waals surface area (Å²) in [7, 11) is 0. The average molecular weight is 365 g/mol. The van der Waals surface area contributed by atoms with Crippen LogP contribution in [0.25, 0.3) is 6.08 Å². The summed E-state index contributed by atoms with van der Waals surface area (Å²) in [6, 6.07) is 14.4. The monoisotopic (exact) mass is 365 g/mol. The minimum absolute atomic E-state index is 0.0244. The van der Waals surface area contributed by atoms with Crippen molar-refractivity contribution < 1.29 is 9.53 Å². The van der Waals surface area contributed by atoms with Crippen LogP contribution in [0.4, 0.5) is 0 Å². The molecule has 0 unspecified atom stereocenters. The first kappa shape index (κ1) is 19.8. The molecule has 0 spiro atoms. The highest BCUT2D eigenvalue weighted by molar-refractivity contribution is 7.98. The van der Waals surface area contributed by atoms with Crippen LogP contribution in [0.15, 0.2) is 46.9 Å². The highest BCUT2D eigenvalue weighted by atomic mass is 32.2. The third-order valence-electron chi connectivity index (χ3n) is 4.12. The molecule has 0 radical (unpaired) electrons. The molecule has 0 aliphatic heterocycles. The summed E-state index contributed by atoms with van der Waals surface area (Å²) in [4.78, 5) is 13.1. The molecule has 2 rings (SSSR count). The Hall–Kier alpha value is -2.51. The molecule has 2 aromatic rings. The first-order chi connectivity index (χ1) is 12.5. The Bertz CT molecular complexity index is 878. The number of hydrogen-bond donors (Lipinski definition) is 0. The van der Waals surface area contributed by atoms with Crippen LogP contribution in [-0.4, -0.2) is 12.6 Å². The summed E-state index contributed by atoms with van der Waals surface area (Å²) < 4.78 is 4.95. The predicted molar refractivity (Wildman–Crippen MR) is 107 cm³/mol. The molecule has 0 atom stereocenters. The fraction of sp³-hybridized carbons (Fsp3) is 0.273. The summed E-state index contributed by atoms with van der Waals surface area (Å²) in [5.41, 5.74) is 5.59. The molecule has 0 aliphatic carbocycles. The number of esters is 1. The number of thioether (sulfide) groups is 1. The molecule has 0 bridgehead atoms. The minimum atomic E-state index is -0.578. The Morgan fingerprint density at radius 3 is 2.54 bits per heavy atom. The van der Waals surface area contributed by atoms with Crippen molar-refractivity contribution in [3.05, 3.63) is 69.8 Å². The third-order valence-corrected chi connectivity index (χ3v) is 5.34. The van der Waals surface area contributed by atoms with E-state index >= 15 is 0 Å². The van der Waals surface area contributed by atoms with Crippen molar-refractivity contribution in [2.24, 2.45) is 0 Å². The van der Waals surface area contributed by atoms with E-state index in [1.807, 2.05) is 25.1 Å². The molecule has 0 aliphatic rings. The van der Waals surface area contributed by atoms with Crippen molar-refractivity contribution in [3.63, 3.8) is 0 Å². The number of nitriles is 1. The first-order valence-corrected chi connectivity index (χ1v) is 9.52. The molecule has 26 heavy (non-hydrogen) atoms. The molecule has 0 amide bonds. The lowest BCUT2D eigenvalue weighted by Gasteiger charge is -2.11. The molecular weight excluding hydrogens is 342 g/mol. The zero-order chi connectivity index (χ0) is 19.1. The van der Waals surface area contributed by atoms with E-state index in [4.69, 9.17) is 4.74 Å². The number of ether oxygens (including phenoxy) is 1. The van der Waals surface area contributed by atoms with Gasteiger partial charge in [-0.25, -0.2) is 4.79 Å². The molecule has 4 heteroatoms. The standard InChI is InChI=1S/C22H23NO2S/c1-5-25-22(24)19(13-23)11-18-12-20(17(4)10-16(18)3)14-26-21-9-7-6-8-15(21)2/h6-12H,5,14H2,1-4H3. The van der Waals surface area contributed by atoms with E-state index in [1.54, 1.807) is 24.8 Å². The fourth-order valence-corrected chi connectivity index (χ4v) is 3.69. The second-order valence-electron chi connectivity index (χ2n) is 6.08. The lowest BCUT2D eigenvalue weighted by molar-refractivity contribution is -0.137. The Labute approximate surface area is 159 Å². The maximum absolute atomic E-state index is 11.9. The number of benzene rings is 2. The number of nitrogens with zero attached hydrogens (tertiary/aromatic N) is 1. The second-order valence-corrected chi connectivity index (χ2v) is 7.10. The van der Waals surface area contributed by atoms with Gasteiger partial charge < -0.3 is 4.74 Å². The lowest BCUT2D eigenvalue weighted by Crippen LogP contribution is -2.06. The van der Waals surface area contributed by atoms with Gasteiger partial charge >= 0.3 is 5.97 Å². The molecule has 0 saturated heterocycles. The number of carbonyl (C=O) groups is 1. The number of aryl methyl sites for hydroxylation is 3. The van der Waals surface area contributed by atoms with Crippen LogP contribution in [0.2, 0.25) is 0 Å². The smallest absolute Gasteiger partial charge is 0.348 e. The quantitative estimate of drug-likeness (QED) is 0.299. The van der Waals surface area contributed by atoms with E-state index in [0.717, 1.165) is 16.9 Å². The van der Waals surface area contributed by atoms with E-state index in [9.17, 15) is 10.1 Å². The minimum Gasteiger partial charge on any atom is -0.462 e. The maximum atomic E-state index is 11.9. The normalized spacial score (nSPS) is 11.1. The Balaban J connectivity index is 2.30. The van der Waals surface area contributed by atoms with Crippen LogP contribution in [0.3, 0.4) is 0 Å². The van der Waals surface area contributed by atoms with Gasteiger partial charge in [-0.3, -0.25) is 0 Å². The zero-order valence-corrected chi connectivity index (χ0v) is 16.4. The summed E-state index contributed by atoms with van der Waals surface area (Å²) in [6.07, 6.45) is 1.62. The van der Waals surface area contributed by atoms with Gasteiger partial charge in [0.15, 0.2) is 0 Å². The molecular formula is C22H23NO2S. The zero-order valence-electron chi connectivity index (χ0n) is 15.6. The van der Waals surface area contributed by atoms with Crippen molar-refractivity contribution >= 4 is 23.8 Å². The van der Waals surface area contributed by atoms with Crippen LogP contribution in [0, 0.1) is 32.1 Å². The van der Waals surface area contributed by atoms with Gasteiger partial charge in [0.1, 0.15) is 11.6 Å². The van der Waals surface area contributed by atoms with Crippen LogP contribution in [-0.2, 0) is 15.3 Å².